The molecule has 0 aliphatic carbocycles. The van der Waals surface area contributed by atoms with E-state index in [-0.39, 0.29) is 4.90 Å². The summed E-state index contributed by atoms with van der Waals surface area (Å²) in [6, 6.07) is 17.5. The summed E-state index contributed by atoms with van der Waals surface area (Å²) in [5, 5.41) is 15.5. The lowest BCUT2D eigenvalue weighted by Crippen LogP contribution is -2.05. The van der Waals surface area contributed by atoms with E-state index in [0.29, 0.717) is 16.2 Å². The van der Waals surface area contributed by atoms with Crippen LogP contribution in [0.25, 0.3) is 5.57 Å². The molecule has 2 aromatic carbocycles. The summed E-state index contributed by atoms with van der Waals surface area (Å²) in [7, 11) is -4.01. The maximum absolute atomic E-state index is 12.2. The normalized spacial score (nSPS) is 17.2. The number of benzene rings is 2. The zero-order valence-electron chi connectivity index (χ0n) is 13.8. The van der Waals surface area contributed by atoms with Crippen molar-refractivity contribution in [1.29, 1.82) is 5.26 Å². The number of nitrogens with zero attached hydrogens (tertiary/aromatic N) is 2. The van der Waals surface area contributed by atoms with Crippen LogP contribution in [0, 0.1) is 18.3 Å². The van der Waals surface area contributed by atoms with Crippen LogP contribution in [0.1, 0.15) is 11.1 Å². The third-order valence-electron chi connectivity index (χ3n) is 3.69. The molecule has 0 aromatic heterocycles. The van der Waals surface area contributed by atoms with Gasteiger partial charge in [0.25, 0.3) is 0 Å². The summed E-state index contributed by atoms with van der Waals surface area (Å²) in [5.74, 6) is 0. The Kier molecular flexibility index (Phi) is 5.26. The Morgan fingerprint density at radius 2 is 1.81 bits per heavy atom. The quantitative estimate of drug-likeness (QED) is 0.583. The predicted octanol–water partition coefficient (Wildman–Crippen LogP) is 4.25. The van der Waals surface area contributed by atoms with Gasteiger partial charge in [-0.05, 0) is 41.7 Å². The van der Waals surface area contributed by atoms with Gasteiger partial charge in [-0.15, -0.1) is 0 Å². The van der Waals surface area contributed by atoms with Crippen LogP contribution in [0.2, 0.25) is 0 Å². The summed E-state index contributed by atoms with van der Waals surface area (Å²) in [5.41, 5.74) is 2.67. The SMILES string of the molecule is Cc1ccccc1/C(C#N)=C1/C=CSC1=NOS(=O)(=O)c1ccccc1. The van der Waals surface area contributed by atoms with Gasteiger partial charge in [-0.1, -0.05) is 59.4 Å². The van der Waals surface area contributed by atoms with Crippen molar-refractivity contribution in [2.45, 2.75) is 11.8 Å². The van der Waals surface area contributed by atoms with Crippen LogP contribution in [-0.4, -0.2) is 13.5 Å². The summed E-state index contributed by atoms with van der Waals surface area (Å²) in [6.07, 6.45) is 1.73. The molecule has 1 aliphatic heterocycles. The molecule has 1 aliphatic rings. The molecule has 0 fully saturated rings. The van der Waals surface area contributed by atoms with Gasteiger partial charge in [0.05, 0.1) is 5.57 Å². The number of rotatable bonds is 4. The molecule has 0 spiro atoms. The summed E-state index contributed by atoms with van der Waals surface area (Å²) >= 11 is 1.20. The molecule has 3 rings (SSSR count). The lowest BCUT2D eigenvalue weighted by Gasteiger charge is -2.07. The van der Waals surface area contributed by atoms with Crippen LogP contribution in [-0.2, 0) is 14.4 Å². The van der Waals surface area contributed by atoms with Crippen LogP contribution in [0.4, 0.5) is 0 Å². The molecule has 5 nitrogen and oxygen atoms in total. The van der Waals surface area contributed by atoms with E-state index in [1.807, 2.05) is 31.2 Å². The zero-order valence-corrected chi connectivity index (χ0v) is 15.4. The van der Waals surface area contributed by atoms with Gasteiger partial charge in [0, 0.05) is 5.57 Å². The van der Waals surface area contributed by atoms with E-state index in [2.05, 4.69) is 11.2 Å². The molecule has 0 atom stereocenters. The molecule has 7 heteroatoms. The molecular formula is C19H14N2O3S2. The zero-order chi connectivity index (χ0) is 18.6. The van der Waals surface area contributed by atoms with Crippen LogP contribution >= 0.6 is 11.8 Å². The van der Waals surface area contributed by atoms with Crippen molar-refractivity contribution < 1.29 is 12.7 Å². The second-order valence-electron chi connectivity index (χ2n) is 5.37. The number of thioether (sulfide) groups is 1. The van der Waals surface area contributed by atoms with Crippen molar-refractivity contribution in [3.05, 3.63) is 82.8 Å². The summed E-state index contributed by atoms with van der Waals surface area (Å²) in [6.45, 7) is 1.91. The van der Waals surface area contributed by atoms with E-state index in [0.717, 1.165) is 11.1 Å². The van der Waals surface area contributed by atoms with Gasteiger partial charge in [-0.3, -0.25) is 4.28 Å². The molecule has 0 saturated carbocycles. The Morgan fingerprint density at radius 1 is 1.12 bits per heavy atom. The number of oxime groups is 1. The molecule has 0 saturated heterocycles. The van der Waals surface area contributed by atoms with E-state index < -0.39 is 10.1 Å². The van der Waals surface area contributed by atoms with Gasteiger partial charge in [-0.2, -0.15) is 13.7 Å². The van der Waals surface area contributed by atoms with Crippen LogP contribution in [0.5, 0.6) is 0 Å². The predicted molar refractivity (Wildman–Crippen MR) is 103 cm³/mol. The van der Waals surface area contributed by atoms with E-state index >= 15 is 0 Å². The van der Waals surface area contributed by atoms with E-state index in [1.54, 1.807) is 29.7 Å². The summed E-state index contributed by atoms with van der Waals surface area (Å²) < 4.78 is 29.3. The second kappa shape index (κ2) is 7.60. The van der Waals surface area contributed by atoms with Gasteiger partial charge in [0.1, 0.15) is 16.0 Å². The Balaban J connectivity index is 1.97. The van der Waals surface area contributed by atoms with Crippen molar-refractivity contribution in [2.24, 2.45) is 5.16 Å². The topological polar surface area (TPSA) is 79.5 Å². The van der Waals surface area contributed by atoms with Gasteiger partial charge in [0.2, 0.25) is 0 Å². The fourth-order valence-electron chi connectivity index (χ4n) is 2.39. The number of hydrogen-bond acceptors (Lipinski definition) is 6. The van der Waals surface area contributed by atoms with E-state index in [4.69, 9.17) is 4.28 Å². The second-order valence-corrected chi connectivity index (χ2v) is 7.80. The first kappa shape index (κ1) is 18.0. The fourth-order valence-corrected chi connectivity index (χ4v) is 3.90. The minimum absolute atomic E-state index is 0.0187. The van der Waals surface area contributed by atoms with Crippen molar-refractivity contribution in [1.82, 2.24) is 0 Å². The standard InChI is InChI=1S/C19H14N2O3S2/c1-14-7-5-6-10-16(14)18(13-20)17-11-12-25-19(17)21-24-26(22,23)15-8-3-2-4-9-15/h2-12H,1H3/b18-17-,21-19?. The van der Waals surface area contributed by atoms with Gasteiger partial charge in [0.15, 0.2) is 0 Å². The molecule has 0 N–H and O–H groups in total. The Labute approximate surface area is 156 Å². The maximum atomic E-state index is 12.2. The summed E-state index contributed by atoms with van der Waals surface area (Å²) in [4.78, 5) is 0.0187. The first-order chi connectivity index (χ1) is 12.5. The Morgan fingerprint density at radius 3 is 2.50 bits per heavy atom. The average molecular weight is 382 g/mol. The van der Waals surface area contributed by atoms with Crippen molar-refractivity contribution in [3.8, 4) is 6.07 Å². The molecule has 1 heterocycles. The minimum Gasteiger partial charge on any atom is -0.264 e. The van der Waals surface area contributed by atoms with E-state index in [1.165, 1.54) is 23.9 Å². The first-order valence-electron chi connectivity index (χ1n) is 7.63. The van der Waals surface area contributed by atoms with Crippen molar-refractivity contribution in [3.63, 3.8) is 0 Å². The molecule has 26 heavy (non-hydrogen) atoms. The third kappa shape index (κ3) is 3.72. The van der Waals surface area contributed by atoms with Gasteiger partial charge >= 0.3 is 10.1 Å². The lowest BCUT2D eigenvalue weighted by atomic mass is 9.97. The molecular weight excluding hydrogens is 368 g/mol. The highest BCUT2D eigenvalue weighted by Crippen LogP contribution is 2.32. The molecule has 0 amide bonds. The number of nitriles is 1. The fraction of sp³-hybridized carbons (Fsp3) is 0.0526. The molecule has 0 unspecified atom stereocenters. The lowest BCUT2D eigenvalue weighted by molar-refractivity contribution is 0.340. The molecule has 0 radical (unpaired) electrons. The Bertz CT molecular complexity index is 1060. The minimum atomic E-state index is -4.01. The van der Waals surface area contributed by atoms with Crippen molar-refractivity contribution in [2.75, 3.05) is 0 Å². The highest BCUT2D eigenvalue weighted by atomic mass is 32.2. The van der Waals surface area contributed by atoms with Crippen molar-refractivity contribution >= 4 is 32.5 Å². The molecule has 130 valence electrons. The average Bonchev–Trinajstić information content (AvgIpc) is 3.11. The van der Waals surface area contributed by atoms with Gasteiger partial charge in [-0.25, -0.2) is 0 Å². The number of aryl methyl sites for hydroxylation is 1. The smallest absolute Gasteiger partial charge is 0.264 e. The highest BCUT2D eigenvalue weighted by Gasteiger charge is 2.21. The first-order valence-corrected chi connectivity index (χ1v) is 9.92. The number of hydrogen-bond donors (Lipinski definition) is 0. The van der Waals surface area contributed by atoms with Crippen LogP contribution < -0.4 is 0 Å². The Hall–Kier alpha value is -2.82. The monoisotopic (exact) mass is 382 g/mol. The van der Waals surface area contributed by atoms with Crippen LogP contribution in [0.15, 0.2) is 81.7 Å². The van der Waals surface area contributed by atoms with Gasteiger partial charge < -0.3 is 0 Å². The number of allylic oxidation sites excluding steroid dienone is 2. The molecule has 0 bridgehead atoms. The highest BCUT2D eigenvalue weighted by molar-refractivity contribution is 8.17. The maximum Gasteiger partial charge on any atom is 0.358 e. The van der Waals surface area contributed by atoms with Crippen LogP contribution in [0.3, 0.4) is 0 Å². The molecule has 2 aromatic rings. The third-order valence-corrected chi connectivity index (χ3v) is 5.60. The van der Waals surface area contributed by atoms with E-state index in [9.17, 15) is 13.7 Å². The largest absolute Gasteiger partial charge is 0.358 e.